The smallest absolute Gasteiger partial charge is 0.194 e. The summed E-state index contributed by atoms with van der Waals surface area (Å²) < 4.78 is 1.89. The molecule has 1 aromatic heterocycles. The van der Waals surface area contributed by atoms with Crippen molar-refractivity contribution in [2.45, 2.75) is 44.8 Å². The highest BCUT2D eigenvalue weighted by molar-refractivity contribution is 5.50. The van der Waals surface area contributed by atoms with Crippen molar-refractivity contribution in [3.05, 3.63) is 125 Å². The van der Waals surface area contributed by atoms with Gasteiger partial charge in [-0.3, -0.25) is 0 Å². The molecule has 1 atom stereocenters. The van der Waals surface area contributed by atoms with E-state index in [1.807, 2.05) is 59.3 Å². The first-order chi connectivity index (χ1) is 16.7. The lowest BCUT2D eigenvalue weighted by atomic mass is 9.77. The zero-order chi connectivity index (χ0) is 23.8. The molecule has 0 aliphatic rings. The fourth-order valence-electron chi connectivity index (χ4n) is 4.69. The van der Waals surface area contributed by atoms with Gasteiger partial charge in [0.2, 0.25) is 0 Å². The molecule has 3 aromatic carbocycles. The summed E-state index contributed by atoms with van der Waals surface area (Å²) in [6.07, 6.45) is 3.74. The Morgan fingerprint density at radius 3 is 1.71 bits per heavy atom. The molecular weight excluding hydrogens is 424 g/mol. The molecule has 0 amide bonds. The van der Waals surface area contributed by atoms with Crippen LogP contribution in [-0.4, -0.2) is 14.8 Å². The van der Waals surface area contributed by atoms with Crippen LogP contribution in [0.25, 0.3) is 0 Å². The number of rotatable bonds is 11. The Balaban J connectivity index is 1.92. The summed E-state index contributed by atoms with van der Waals surface area (Å²) in [5.74, 6) is 0.847. The molecule has 4 aromatic rings. The predicted octanol–water partition coefficient (Wildman–Crippen LogP) is 6.68. The van der Waals surface area contributed by atoms with Crippen LogP contribution >= 0.6 is 0 Å². The highest BCUT2D eigenvalue weighted by Crippen LogP contribution is 2.40. The molecule has 174 valence electrons. The van der Waals surface area contributed by atoms with Crippen molar-refractivity contribution >= 4 is 0 Å². The quantitative estimate of drug-likeness (QED) is 0.144. The van der Waals surface area contributed by atoms with E-state index in [0.29, 0.717) is 18.2 Å². The Morgan fingerprint density at radius 2 is 1.29 bits per heavy atom. The summed E-state index contributed by atoms with van der Waals surface area (Å²) in [5, 5.41) is 7.67. The van der Waals surface area contributed by atoms with Crippen LogP contribution in [0, 0.1) is 10.8 Å². The van der Waals surface area contributed by atoms with Crippen LogP contribution in [0.2, 0.25) is 0 Å². The maximum atomic E-state index is 11.1. The normalized spacial score (nSPS) is 12.4. The van der Waals surface area contributed by atoms with E-state index in [0.717, 1.165) is 29.5 Å². The molecule has 0 spiro atoms. The van der Waals surface area contributed by atoms with Crippen LogP contribution in [0.5, 0.6) is 0 Å². The van der Waals surface area contributed by atoms with Crippen molar-refractivity contribution in [1.82, 2.24) is 14.8 Å². The number of benzene rings is 3. The van der Waals surface area contributed by atoms with Crippen molar-refractivity contribution in [3.63, 3.8) is 0 Å². The van der Waals surface area contributed by atoms with Crippen molar-refractivity contribution in [3.8, 4) is 0 Å². The third-order valence-electron chi connectivity index (χ3n) is 6.59. The molecule has 34 heavy (non-hydrogen) atoms. The van der Waals surface area contributed by atoms with E-state index < -0.39 is 11.6 Å². The Kier molecular flexibility index (Phi) is 7.48. The minimum Gasteiger partial charge on any atom is -0.352 e. The molecule has 1 heterocycles. The van der Waals surface area contributed by atoms with Crippen LogP contribution in [0.4, 0.5) is 0 Å². The van der Waals surface area contributed by atoms with Crippen LogP contribution in [0.15, 0.2) is 103 Å². The highest BCUT2D eigenvalue weighted by atomic mass is 16.7. The van der Waals surface area contributed by atoms with E-state index in [1.54, 1.807) is 6.33 Å². The van der Waals surface area contributed by atoms with Gasteiger partial charge < -0.3 is 4.84 Å². The summed E-state index contributed by atoms with van der Waals surface area (Å²) in [5.41, 5.74) is 2.39. The maximum absolute atomic E-state index is 11.1. The summed E-state index contributed by atoms with van der Waals surface area (Å²) in [6, 6.07) is 30.8. The Labute approximate surface area is 200 Å². The van der Waals surface area contributed by atoms with Crippen molar-refractivity contribution < 1.29 is 4.84 Å². The number of hydrogen-bond acceptors (Lipinski definition) is 5. The van der Waals surface area contributed by atoms with E-state index in [2.05, 4.69) is 60.6 Å². The second-order valence-corrected chi connectivity index (χ2v) is 8.44. The number of hydrogen-bond donors (Lipinski definition) is 0. The van der Waals surface area contributed by atoms with Crippen LogP contribution in [0.3, 0.4) is 0 Å². The molecule has 6 nitrogen and oxygen atoms in total. The van der Waals surface area contributed by atoms with Gasteiger partial charge in [-0.15, -0.1) is 4.91 Å². The lowest BCUT2D eigenvalue weighted by molar-refractivity contribution is 0.0291. The largest absolute Gasteiger partial charge is 0.352 e. The molecule has 0 bridgehead atoms. The SMILES string of the molecule is CCC(CC)CC(ON=O)c1ncn(C(c2ccccc2)(c2ccccc2)c2ccccc2)n1. The zero-order valence-electron chi connectivity index (χ0n) is 19.6. The van der Waals surface area contributed by atoms with Gasteiger partial charge in [0, 0.05) is 0 Å². The van der Waals surface area contributed by atoms with Gasteiger partial charge in [0.25, 0.3) is 0 Å². The molecule has 0 N–H and O–H groups in total. The third kappa shape index (κ3) is 4.49. The van der Waals surface area contributed by atoms with Crippen molar-refractivity contribution in [1.29, 1.82) is 0 Å². The Bertz CT molecular complexity index is 1060. The maximum Gasteiger partial charge on any atom is 0.194 e. The number of aromatic nitrogens is 3. The molecule has 0 radical (unpaired) electrons. The van der Waals surface area contributed by atoms with E-state index in [9.17, 15) is 4.91 Å². The van der Waals surface area contributed by atoms with Gasteiger partial charge in [0.05, 0.1) is 0 Å². The monoisotopic (exact) mass is 454 g/mol. The molecule has 0 fully saturated rings. The summed E-state index contributed by atoms with van der Waals surface area (Å²) >= 11 is 0. The molecule has 0 saturated carbocycles. The van der Waals surface area contributed by atoms with Crippen LogP contribution in [0.1, 0.15) is 61.7 Å². The van der Waals surface area contributed by atoms with E-state index in [-0.39, 0.29) is 0 Å². The molecule has 4 rings (SSSR count). The minimum absolute atomic E-state index is 0.390. The molecule has 6 heteroatoms. The zero-order valence-corrected chi connectivity index (χ0v) is 19.6. The Hall–Kier alpha value is -3.80. The fraction of sp³-hybridized carbons (Fsp3) is 0.286. The van der Waals surface area contributed by atoms with Gasteiger partial charge in [-0.25, -0.2) is 9.67 Å². The van der Waals surface area contributed by atoms with Gasteiger partial charge in [0.1, 0.15) is 11.9 Å². The average Bonchev–Trinajstić information content (AvgIpc) is 3.39. The summed E-state index contributed by atoms with van der Waals surface area (Å²) in [4.78, 5) is 20.9. The first kappa shape index (κ1) is 23.4. The van der Waals surface area contributed by atoms with Gasteiger partial charge in [0.15, 0.2) is 17.3 Å². The molecule has 0 aliphatic carbocycles. The van der Waals surface area contributed by atoms with Gasteiger partial charge >= 0.3 is 0 Å². The molecule has 1 unspecified atom stereocenters. The van der Waals surface area contributed by atoms with Gasteiger partial charge in [-0.05, 0) is 29.0 Å². The second-order valence-electron chi connectivity index (χ2n) is 8.44. The summed E-state index contributed by atoms with van der Waals surface area (Å²) in [7, 11) is 0. The lowest BCUT2D eigenvalue weighted by Crippen LogP contribution is -2.38. The third-order valence-corrected chi connectivity index (χ3v) is 6.59. The first-order valence-electron chi connectivity index (χ1n) is 11.8. The minimum atomic E-state index is -0.761. The first-order valence-corrected chi connectivity index (χ1v) is 11.8. The van der Waals surface area contributed by atoms with Gasteiger partial charge in [-0.1, -0.05) is 118 Å². The molecular formula is C28H30N4O2. The number of nitrogens with zero attached hydrogens (tertiary/aromatic N) is 4. The molecule has 0 aliphatic heterocycles. The second kappa shape index (κ2) is 10.9. The standard InChI is InChI=1S/C28H30N4O2/c1-3-22(4-2)20-26(34-31-33)27-29-21-32(30-27)28(23-14-8-5-9-15-23,24-16-10-6-11-17-24)25-18-12-7-13-19-25/h5-19,21-22,26H,3-4,20H2,1-2H3. The molecule has 0 saturated heterocycles. The van der Waals surface area contributed by atoms with Crippen LogP contribution < -0.4 is 0 Å². The lowest BCUT2D eigenvalue weighted by Gasteiger charge is -2.35. The van der Waals surface area contributed by atoms with Crippen molar-refractivity contribution in [2.24, 2.45) is 11.3 Å². The van der Waals surface area contributed by atoms with Crippen molar-refractivity contribution in [2.75, 3.05) is 0 Å². The van der Waals surface area contributed by atoms with E-state index in [1.165, 1.54) is 0 Å². The summed E-state index contributed by atoms with van der Waals surface area (Å²) in [6.45, 7) is 4.27. The average molecular weight is 455 g/mol. The van der Waals surface area contributed by atoms with E-state index >= 15 is 0 Å². The predicted molar refractivity (Wildman–Crippen MR) is 133 cm³/mol. The fourth-order valence-corrected chi connectivity index (χ4v) is 4.69. The highest BCUT2D eigenvalue weighted by Gasteiger charge is 2.40. The topological polar surface area (TPSA) is 69.4 Å². The van der Waals surface area contributed by atoms with Gasteiger partial charge in [-0.2, -0.15) is 5.10 Å². The van der Waals surface area contributed by atoms with Crippen LogP contribution in [-0.2, 0) is 10.4 Å². The Morgan fingerprint density at radius 1 is 0.824 bits per heavy atom. The van der Waals surface area contributed by atoms with E-state index in [4.69, 9.17) is 9.94 Å².